The van der Waals surface area contributed by atoms with Crippen molar-refractivity contribution in [2.24, 2.45) is 10.9 Å². The van der Waals surface area contributed by atoms with Gasteiger partial charge in [-0.05, 0) is 47.3 Å². The molecular formula is C25H33N3O. The molecule has 154 valence electrons. The number of urea groups is 1. The van der Waals surface area contributed by atoms with Gasteiger partial charge in [-0.15, -0.1) is 0 Å². The van der Waals surface area contributed by atoms with Crippen molar-refractivity contribution in [1.82, 2.24) is 5.32 Å². The highest BCUT2D eigenvalue weighted by atomic mass is 16.2. The van der Waals surface area contributed by atoms with Crippen molar-refractivity contribution in [2.75, 3.05) is 11.9 Å². The van der Waals surface area contributed by atoms with Crippen LogP contribution in [0.5, 0.6) is 0 Å². The van der Waals surface area contributed by atoms with E-state index in [0.29, 0.717) is 24.3 Å². The summed E-state index contributed by atoms with van der Waals surface area (Å²) in [5.74, 6) is 1.29. The fraction of sp³-hybridized carbons (Fsp3) is 0.440. The van der Waals surface area contributed by atoms with Gasteiger partial charge < -0.3 is 10.6 Å². The molecule has 2 amide bonds. The van der Waals surface area contributed by atoms with Gasteiger partial charge in [0.15, 0.2) is 0 Å². The molecule has 0 aromatic heterocycles. The van der Waals surface area contributed by atoms with Crippen molar-refractivity contribution >= 4 is 17.9 Å². The molecular weight excluding hydrogens is 358 g/mol. The monoisotopic (exact) mass is 391 g/mol. The standard InChI is InChI=1S/C25H33N3O/c1-17(2)21-11-8-12-22(18(3)4)24(21)28-25(29)27-16-23(26-15-19-13-14-19)20-9-6-5-7-10-20/h5-12,15,17-19,23H,13-14,16H2,1-4H3,(H2,27,28,29)/t23-/m0/s1. The van der Waals surface area contributed by atoms with Crippen LogP contribution < -0.4 is 10.6 Å². The van der Waals surface area contributed by atoms with Gasteiger partial charge in [-0.2, -0.15) is 0 Å². The zero-order valence-corrected chi connectivity index (χ0v) is 18.0. The summed E-state index contributed by atoms with van der Waals surface area (Å²) in [6.07, 6.45) is 4.51. The summed E-state index contributed by atoms with van der Waals surface area (Å²) in [7, 11) is 0. The third-order valence-electron chi connectivity index (χ3n) is 5.35. The Balaban J connectivity index is 1.71. The SMILES string of the molecule is CC(C)c1cccc(C(C)C)c1NC(=O)NC[C@H](N=CC1CC1)c1ccccc1. The van der Waals surface area contributed by atoms with Gasteiger partial charge in [0.2, 0.25) is 0 Å². The van der Waals surface area contributed by atoms with Gasteiger partial charge in [0.1, 0.15) is 0 Å². The molecule has 0 bridgehead atoms. The van der Waals surface area contributed by atoms with E-state index in [1.54, 1.807) is 0 Å². The summed E-state index contributed by atoms with van der Waals surface area (Å²) in [5, 5.41) is 6.17. The van der Waals surface area contributed by atoms with Gasteiger partial charge in [-0.1, -0.05) is 76.2 Å². The predicted octanol–water partition coefficient (Wildman–Crippen LogP) is 6.28. The molecule has 2 N–H and O–H groups in total. The van der Waals surface area contributed by atoms with Crippen LogP contribution >= 0.6 is 0 Å². The van der Waals surface area contributed by atoms with Crippen molar-refractivity contribution < 1.29 is 4.79 Å². The summed E-state index contributed by atoms with van der Waals surface area (Å²) in [4.78, 5) is 17.5. The third-order valence-corrected chi connectivity index (χ3v) is 5.35. The molecule has 1 aliphatic rings. The Labute approximate surface area is 174 Å². The molecule has 0 spiro atoms. The van der Waals surface area contributed by atoms with Gasteiger partial charge in [0, 0.05) is 18.4 Å². The summed E-state index contributed by atoms with van der Waals surface area (Å²) >= 11 is 0. The lowest BCUT2D eigenvalue weighted by Gasteiger charge is -2.21. The number of anilines is 1. The average molecular weight is 392 g/mol. The first kappa shape index (κ1) is 21.1. The molecule has 0 radical (unpaired) electrons. The smallest absolute Gasteiger partial charge is 0.319 e. The lowest BCUT2D eigenvalue weighted by atomic mass is 9.93. The molecule has 4 nitrogen and oxygen atoms in total. The quantitative estimate of drug-likeness (QED) is 0.511. The third kappa shape index (κ3) is 5.93. The zero-order chi connectivity index (χ0) is 20.8. The molecule has 0 aliphatic heterocycles. The molecule has 2 aromatic carbocycles. The largest absolute Gasteiger partial charge is 0.335 e. The Morgan fingerprint density at radius 2 is 1.62 bits per heavy atom. The minimum absolute atomic E-state index is 0.0625. The van der Waals surface area contributed by atoms with Crippen LogP contribution in [0, 0.1) is 5.92 Å². The van der Waals surface area contributed by atoms with E-state index in [1.807, 2.05) is 18.2 Å². The van der Waals surface area contributed by atoms with Crippen LogP contribution in [0.4, 0.5) is 10.5 Å². The lowest BCUT2D eigenvalue weighted by molar-refractivity contribution is 0.251. The number of hydrogen-bond acceptors (Lipinski definition) is 2. The maximum atomic E-state index is 12.8. The van der Waals surface area contributed by atoms with Crippen molar-refractivity contribution in [3.05, 3.63) is 65.2 Å². The molecule has 1 aliphatic carbocycles. The van der Waals surface area contributed by atoms with Crippen molar-refractivity contribution in [1.29, 1.82) is 0 Å². The summed E-state index contributed by atoms with van der Waals surface area (Å²) in [5.41, 5.74) is 4.39. The molecule has 0 saturated heterocycles. The fourth-order valence-corrected chi connectivity index (χ4v) is 3.45. The first-order valence-corrected chi connectivity index (χ1v) is 10.7. The van der Waals surface area contributed by atoms with Crippen LogP contribution in [-0.2, 0) is 0 Å². The Kier molecular flexibility index (Phi) is 7.08. The van der Waals surface area contributed by atoms with Crippen LogP contribution in [-0.4, -0.2) is 18.8 Å². The normalized spacial score (nSPS) is 15.1. The Bertz CT molecular complexity index is 812. The fourth-order valence-electron chi connectivity index (χ4n) is 3.45. The second-order valence-electron chi connectivity index (χ2n) is 8.52. The van der Waals surface area contributed by atoms with Crippen molar-refractivity contribution in [3.8, 4) is 0 Å². The highest BCUT2D eigenvalue weighted by Crippen LogP contribution is 2.32. The number of carbonyl (C=O) groups excluding carboxylic acids is 1. The van der Waals surface area contributed by atoms with Crippen LogP contribution in [0.15, 0.2) is 53.5 Å². The van der Waals surface area contributed by atoms with Gasteiger partial charge in [-0.25, -0.2) is 4.79 Å². The first-order chi connectivity index (χ1) is 14.0. The second-order valence-corrected chi connectivity index (χ2v) is 8.52. The zero-order valence-electron chi connectivity index (χ0n) is 18.0. The summed E-state index contributed by atoms with van der Waals surface area (Å²) in [6, 6.07) is 16.2. The van der Waals surface area contributed by atoms with Crippen molar-refractivity contribution in [3.63, 3.8) is 0 Å². The van der Waals surface area contributed by atoms with Gasteiger partial charge >= 0.3 is 6.03 Å². The summed E-state index contributed by atoms with van der Waals surface area (Å²) in [6.45, 7) is 9.09. The molecule has 1 atom stereocenters. The maximum absolute atomic E-state index is 12.8. The number of aliphatic imine (C=N–C) groups is 1. The van der Waals surface area contributed by atoms with Gasteiger partial charge in [-0.3, -0.25) is 4.99 Å². The van der Waals surface area contributed by atoms with E-state index in [4.69, 9.17) is 4.99 Å². The first-order valence-electron chi connectivity index (χ1n) is 10.7. The highest BCUT2D eigenvalue weighted by Gasteiger charge is 2.20. The van der Waals surface area contributed by atoms with Crippen LogP contribution in [0.3, 0.4) is 0 Å². The van der Waals surface area contributed by atoms with E-state index in [1.165, 1.54) is 12.8 Å². The van der Waals surface area contributed by atoms with E-state index < -0.39 is 0 Å². The van der Waals surface area contributed by atoms with Gasteiger partial charge in [0.05, 0.1) is 6.04 Å². The molecule has 0 heterocycles. The minimum atomic E-state index is -0.178. The summed E-state index contributed by atoms with van der Waals surface area (Å²) < 4.78 is 0. The van der Waals surface area contributed by atoms with Crippen LogP contribution in [0.1, 0.15) is 75.1 Å². The number of para-hydroxylation sites is 1. The number of amides is 2. The highest BCUT2D eigenvalue weighted by molar-refractivity contribution is 5.91. The molecule has 2 aromatic rings. The number of nitrogens with zero attached hydrogens (tertiary/aromatic N) is 1. The number of hydrogen-bond donors (Lipinski definition) is 2. The molecule has 3 rings (SSSR count). The van der Waals surface area contributed by atoms with Gasteiger partial charge in [0.25, 0.3) is 0 Å². The topological polar surface area (TPSA) is 53.5 Å². The minimum Gasteiger partial charge on any atom is -0.335 e. The number of nitrogens with one attached hydrogen (secondary N) is 2. The lowest BCUT2D eigenvalue weighted by Crippen LogP contribution is -2.33. The van der Waals surface area contributed by atoms with Crippen LogP contribution in [0.2, 0.25) is 0 Å². The average Bonchev–Trinajstić information content (AvgIpc) is 3.53. The van der Waals surface area contributed by atoms with E-state index in [0.717, 1.165) is 22.4 Å². The molecule has 1 fully saturated rings. The van der Waals surface area contributed by atoms with Crippen LogP contribution in [0.25, 0.3) is 0 Å². The van der Waals surface area contributed by atoms with E-state index >= 15 is 0 Å². The maximum Gasteiger partial charge on any atom is 0.319 e. The second kappa shape index (κ2) is 9.73. The molecule has 1 saturated carbocycles. The van der Waals surface area contributed by atoms with Crippen molar-refractivity contribution in [2.45, 2.75) is 58.4 Å². The number of benzene rings is 2. The molecule has 29 heavy (non-hydrogen) atoms. The molecule has 4 heteroatoms. The predicted molar refractivity (Wildman–Crippen MR) is 122 cm³/mol. The Hall–Kier alpha value is -2.62. The van der Waals surface area contributed by atoms with E-state index in [-0.39, 0.29) is 12.1 Å². The Morgan fingerprint density at radius 3 is 2.17 bits per heavy atom. The Morgan fingerprint density at radius 1 is 1.00 bits per heavy atom. The van der Waals surface area contributed by atoms with E-state index in [2.05, 4.69) is 74.9 Å². The number of carbonyl (C=O) groups is 1. The van der Waals surface area contributed by atoms with E-state index in [9.17, 15) is 4.79 Å². The number of rotatable bonds is 8. The molecule has 0 unspecified atom stereocenters.